The van der Waals surface area contributed by atoms with Crippen molar-refractivity contribution in [3.05, 3.63) is 70.8 Å². The van der Waals surface area contributed by atoms with Crippen LogP contribution in [0.3, 0.4) is 0 Å². The van der Waals surface area contributed by atoms with Gasteiger partial charge in [0.2, 0.25) is 11.8 Å². The molecule has 0 heterocycles. The molecule has 0 aromatic heterocycles. The molecule has 2 aliphatic rings. The van der Waals surface area contributed by atoms with Crippen LogP contribution in [0.15, 0.2) is 48.5 Å². The summed E-state index contributed by atoms with van der Waals surface area (Å²) < 4.78 is 10.6. The zero-order chi connectivity index (χ0) is 25.8. The molecule has 194 valence electrons. The van der Waals surface area contributed by atoms with Gasteiger partial charge in [-0.25, -0.2) is 0 Å². The van der Waals surface area contributed by atoms with Gasteiger partial charge in [-0.15, -0.1) is 0 Å². The number of aliphatic hydroxyl groups is 3. The van der Waals surface area contributed by atoms with Crippen molar-refractivity contribution in [2.75, 3.05) is 14.2 Å². The van der Waals surface area contributed by atoms with Crippen molar-refractivity contribution in [3.63, 3.8) is 0 Å². The molecule has 0 bridgehead atoms. The summed E-state index contributed by atoms with van der Waals surface area (Å²) in [5.74, 6) is -0.914. The van der Waals surface area contributed by atoms with E-state index in [1.807, 2.05) is 48.5 Å². The molecule has 5 N–H and O–H groups in total. The van der Waals surface area contributed by atoms with Gasteiger partial charge in [0.1, 0.15) is 12.2 Å². The monoisotopic (exact) mass is 498 g/mol. The molecule has 9 nitrogen and oxygen atoms in total. The van der Waals surface area contributed by atoms with Crippen LogP contribution in [-0.4, -0.2) is 71.9 Å². The Bertz CT molecular complexity index is 994. The van der Waals surface area contributed by atoms with Crippen LogP contribution in [0.4, 0.5) is 0 Å². The fourth-order valence-corrected chi connectivity index (χ4v) is 5.20. The van der Waals surface area contributed by atoms with Crippen LogP contribution < -0.4 is 10.6 Å². The number of nitrogens with one attached hydrogen (secondary N) is 2. The van der Waals surface area contributed by atoms with Gasteiger partial charge in [-0.1, -0.05) is 48.5 Å². The largest absolute Gasteiger partial charge is 0.393 e. The van der Waals surface area contributed by atoms with Crippen LogP contribution in [0.25, 0.3) is 0 Å². The van der Waals surface area contributed by atoms with Gasteiger partial charge >= 0.3 is 0 Å². The van der Waals surface area contributed by atoms with Gasteiger partial charge in [-0.2, -0.15) is 0 Å². The minimum absolute atomic E-state index is 0.0607. The number of hydrogen-bond acceptors (Lipinski definition) is 7. The molecule has 2 amide bonds. The molecule has 0 spiro atoms. The smallest absolute Gasteiger partial charge is 0.249 e. The molecule has 36 heavy (non-hydrogen) atoms. The number of fused-ring (bicyclic) bond motifs is 2. The van der Waals surface area contributed by atoms with Crippen LogP contribution in [0.5, 0.6) is 0 Å². The number of hydrogen-bond donors (Lipinski definition) is 5. The number of carbonyl (C=O) groups is 2. The molecule has 0 unspecified atom stereocenters. The van der Waals surface area contributed by atoms with Crippen molar-refractivity contribution in [2.45, 2.75) is 68.3 Å². The number of carbonyl (C=O) groups excluding carboxylic acids is 2. The Morgan fingerprint density at radius 2 is 1.19 bits per heavy atom. The van der Waals surface area contributed by atoms with Crippen molar-refractivity contribution in [1.29, 1.82) is 0 Å². The van der Waals surface area contributed by atoms with E-state index in [-0.39, 0.29) is 12.8 Å². The summed E-state index contributed by atoms with van der Waals surface area (Å²) in [5, 5.41) is 37.2. The normalized spacial score (nSPS) is 24.2. The van der Waals surface area contributed by atoms with Crippen LogP contribution in [-0.2, 0) is 31.9 Å². The minimum Gasteiger partial charge on any atom is -0.393 e. The number of rotatable bonds is 10. The van der Waals surface area contributed by atoms with Crippen molar-refractivity contribution in [3.8, 4) is 0 Å². The molecule has 2 aliphatic carbocycles. The number of methoxy groups -OCH3 is 2. The molecule has 2 aromatic carbocycles. The summed E-state index contributed by atoms with van der Waals surface area (Å²) in [5.41, 5.74) is 3.68. The van der Waals surface area contributed by atoms with Crippen LogP contribution >= 0.6 is 0 Å². The topological polar surface area (TPSA) is 137 Å². The Kier molecular flexibility index (Phi) is 8.38. The molecule has 2 aromatic rings. The quantitative estimate of drug-likeness (QED) is 0.325. The molecule has 9 heteroatoms. The Morgan fingerprint density at radius 3 is 1.58 bits per heavy atom. The fourth-order valence-electron chi connectivity index (χ4n) is 5.20. The summed E-state index contributed by atoms with van der Waals surface area (Å²) >= 11 is 0. The summed E-state index contributed by atoms with van der Waals surface area (Å²) in [7, 11) is 2.74. The lowest BCUT2D eigenvalue weighted by Gasteiger charge is -2.25. The molecule has 0 fully saturated rings. The van der Waals surface area contributed by atoms with E-state index >= 15 is 0 Å². The van der Waals surface area contributed by atoms with Gasteiger partial charge in [0.15, 0.2) is 0 Å². The Morgan fingerprint density at radius 1 is 0.806 bits per heavy atom. The molecule has 6 atom stereocenters. The van der Waals surface area contributed by atoms with E-state index in [1.165, 1.54) is 14.2 Å². The maximum absolute atomic E-state index is 12.9. The minimum atomic E-state index is -1.07. The zero-order valence-corrected chi connectivity index (χ0v) is 20.5. The second kappa shape index (κ2) is 11.5. The lowest BCUT2D eigenvalue weighted by molar-refractivity contribution is -0.137. The van der Waals surface area contributed by atoms with Gasteiger partial charge in [-0.05, 0) is 22.3 Å². The van der Waals surface area contributed by atoms with Gasteiger partial charge in [0.05, 0.1) is 30.4 Å². The molecule has 0 aliphatic heterocycles. The van der Waals surface area contributed by atoms with Crippen molar-refractivity contribution in [1.82, 2.24) is 10.6 Å². The van der Waals surface area contributed by atoms with E-state index in [0.717, 1.165) is 22.3 Å². The van der Waals surface area contributed by atoms with Gasteiger partial charge in [0.25, 0.3) is 0 Å². The number of ether oxygens (including phenoxy) is 2. The first-order valence-corrected chi connectivity index (χ1v) is 12.2. The number of aliphatic hydroxyl groups excluding tert-OH is 3. The highest BCUT2D eigenvalue weighted by Gasteiger charge is 2.36. The van der Waals surface area contributed by atoms with Gasteiger partial charge in [0, 0.05) is 39.9 Å². The van der Waals surface area contributed by atoms with Crippen LogP contribution in [0, 0.1) is 0 Å². The molecule has 0 saturated carbocycles. The third kappa shape index (κ3) is 5.61. The van der Waals surface area contributed by atoms with Crippen molar-refractivity contribution >= 4 is 11.8 Å². The first-order valence-electron chi connectivity index (χ1n) is 12.2. The third-order valence-corrected chi connectivity index (χ3v) is 7.13. The summed E-state index contributed by atoms with van der Waals surface area (Å²) in [4.78, 5) is 25.8. The average Bonchev–Trinajstić information content (AvgIpc) is 3.36. The van der Waals surface area contributed by atoms with Gasteiger partial charge < -0.3 is 35.4 Å². The molecule has 0 saturated heterocycles. The number of benzene rings is 2. The summed E-state index contributed by atoms with van der Waals surface area (Å²) in [6.07, 6.45) is -3.74. The standard InChI is InChI=1S/C27H34N2O7/c1-35-22(26(33)28-24-18-9-5-3-7-15(18)11-20(24)31)13-17(30)14-23(36-2)27(34)29-25-19-10-6-4-8-16(19)12-21(25)32/h3-10,17,20-25,30-32H,11-14H2,1-2H3,(H,28,33)(H,29,34)/t20-,21-,22-,23-,24+,25+/m1/s1. The predicted octanol–water partition coefficient (Wildman–Crippen LogP) is 0.707. The molecular weight excluding hydrogens is 464 g/mol. The highest BCUT2D eigenvalue weighted by molar-refractivity contribution is 5.82. The van der Waals surface area contributed by atoms with Crippen molar-refractivity contribution in [2.24, 2.45) is 0 Å². The Balaban J connectivity index is 1.33. The SMILES string of the molecule is CO[C@H](CC(O)C[C@@H](OC)C(=O)N[C@H]1c2ccccc2C[C@H]1O)C(=O)N[C@H]1c2ccccc2C[C@H]1O. The van der Waals surface area contributed by atoms with Crippen LogP contribution in [0.2, 0.25) is 0 Å². The van der Waals surface area contributed by atoms with Gasteiger partial charge in [-0.3, -0.25) is 9.59 Å². The van der Waals surface area contributed by atoms with Crippen molar-refractivity contribution < 1.29 is 34.4 Å². The first-order chi connectivity index (χ1) is 17.3. The zero-order valence-electron chi connectivity index (χ0n) is 20.5. The molecule has 4 rings (SSSR count). The Labute approximate surface area is 210 Å². The van der Waals surface area contributed by atoms with E-state index in [2.05, 4.69) is 10.6 Å². The second-order valence-electron chi connectivity index (χ2n) is 9.49. The fraction of sp³-hybridized carbons (Fsp3) is 0.481. The van der Waals surface area contributed by atoms with E-state index in [9.17, 15) is 24.9 Å². The maximum atomic E-state index is 12.9. The summed E-state index contributed by atoms with van der Waals surface area (Å²) in [6, 6.07) is 14.0. The molecule has 0 radical (unpaired) electrons. The van der Waals surface area contributed by atoms with E-state index in [0.29, 0.717) is 12.8 Å². The second-order valence-corrected chi connectivity index (χ2v) is 9.49. The average molecular weight is 499 g/mol. The predicted molar refractivity (Wildman–Crippen MR) is 131 cm³/mol. The lowest BCUT2D eigenvalue weighted by Crippen LogP contribution is -2.44. The lowest BCUT2D eigenvalue weighted by atomic mass is 10.0. The third-order valence-electron chi connectivity index (χ3n) is 7.13. The van der Waals surface area contributed by atoms with E-state index in [4.69, 9.17) is 9.47 Å². The first kappa shape index (κ1) is 26.2. The maximum Gasteiger partial charge on any atom is 0.249 e. The summed E-state index contributed by atoms with van der Waals surface area (Å²) in [6.45, 7) is 0. The Hall–Kier alpha value is -2.82. The highest BCUT2D eigenvalue weighted by Crippen LogP contribution is 2.32. The number of amides is 2. The highest BCUT2D eigenvalue weighted by atomic mass is 16.5. The van der Waals surface area contributed by atoms with E-state index in [1.54, 1.807) is 0 Å². The molecular formula is C27H34N2O7. The van der Waals surface area contributed by atoms with E-state index < -0.39 is 54.4 Å². The van der Waals surface area contributed by atoms with Crippen LogP contribution in [0.1, 0.15) is 47.2 Å².